The Morgan fingerprint density at radius 2 is 2.00 bits per heavy atom. The van der Waals surface area contributed by atoms with E-state index in [1.807, 2.05) is 13.8 Å². The van der Waals surface area contributed by atoms with Crippen molar-refractivity contribution in [3.05, 3.63) is 16.1 Å². The second-order valence-electron chi connectivity index (χ2n) is 4.33. The molecule has 0 radical (unpaired) electrons. The smallest absolute Gasteiger partial charge is 0.170 e. The maximum Gasteiger partial charge on any atom is 0.170 e. The number of nitrogens with two attached hydrogens (primary N) is 1. The average Bonchev–Trinajstić information content (AvgIpc) is 2.17. The minimum Gasteiger partial charge on any atom is -0.506 e. The summed E-state index contributed by atoms with van der Waals surface area (Å²) in [6.07, 6.45) is 0. The second-order valence-corrected chi connectivity index (χ2v) is 5.18. The highest BCUT2D eigenvalue weighted by Gasteiger charge is 2.30. The third-order valence-electron chi connectivity index (χ3n) is 2.40. The zero-order valence-corrected chi connectivity index (χ0v) is 10.8. The Balaban J connectivity index is 2.69. The Labute approximate surface area is 102 Å². The molecule has 0 spiro atoms. The van der Waals surface area contributed by atoms with Crippen molar-refractivity contribution in [1.82, 2.24) is 0 Å². The van der Waals surface area contributed by atoms with Gasteiger partial charge in [0.05, 0.1) is 10.0 Å². The third-order valence-corrected chi connectivity index (χ3v) is 3.01. The molecule has 0 unspecified atom stereocenters. The van der Waals surface area contributed by atoms with E-state index in [1.54, 1.807) is 6.07 Å². The van der Waals surface area contributed by atoms with E-state index in [9.17, 15) is 5.11 Å². The van der Waals surface area contributed by atoms with Crippen LogP contribution < -0.4 is 15.2 Å². The molecule has 3 N–H and O–H groups in total. The molecule has 0 aromatic heterocycles. The lowest BCUT2D eigenvalue weighted by molar-refractivity contribution is 0.166. The molecule has 0 aliphatic carbocycles. The molecule has 2 rings (SSSR count). The van der Waals surface area contributed by atoms with Crippen molar-refractivity contribution in [2.24, 2.45) is 5.73 Å². The molecular formula is C11H14BrNO3. The van der Waals surface area contributed by atoms with Crippen LogP contribution in [0.5, 0.6) is 17.2 Å². The Morgan fingerprint density at radius 3 is 2.62 bits per heavy atom. The summed E-state index contributed by atoms with van der Waals surface area (Å²) in [4.78, 5) is 0. The minimum absolute atomic E-state index is 0.108. The Kier molecular flexibility index (Phi) is 2.75. The van der Waals surface area contributed by atoms with Crippen LogP contribution in [0.2, 0.25) is 0 Å². The van der Waals surface area contributed by atoms with E-state index in [0.717, 1.165) is 0 Å². The van der Waals surface area contributed by atoms with Crippen molar-refractivity contribution >= 4 is 15.9 Å². The normalized spacial score (nSPS) is 15.0. The van der Waals surface area contributed by atoms with Gasteiger partial charge in [-0.15, -0.1) is 0 Å². The van der Waals surface area contributed by atoms with Crippen LogP contribution in [0.4, 0.5) is 0 Å². The van der Waals surface area contributed by atoms with Crippen LogP contribution in [0, 0.1) is 0 Å². The first-order chi connectivity index (χ1) is 7.41. The van der Waals surface area contributed by atoms with Gasteiger partial charge in [0.2, 0.25) is 0 Å². The lowest BCUT2D eigenvalue weighted by Crippen LogP contribution is -2.31. The maximum atomic E-state index is 10.0. The number of hydrogen-bond acceptors (Lipinski definition) is 4. The molecule has 0 saturated heterocycles. The van der Waals surface area contributed by atoms with Crippen molar-refractivity contribution in [2.45, 2.75) is 19.4 Å². The number of hydrogen-bond donors (Lipinski definition) is 2. The van der Waals surface area contributed by atoms with Gasteiger partial charge in [-0.3, -0.25) is 0 Å². The quantitative estimate of drug-likeness (QED) is 0.830. The van der Waals surface area contributed by atoms with Crippen LogP contribution in [-0.4, -0.2) is 18.3 Å². The van der Waals surface area contributed by atoms with Gasteiger partial charge >= 0.3 is 0 Å². The molecule has 4 nitrogen and oxygen atoms in total. The first kappa shape index (κ1) is 11.5. The van der Waals surface area contributed by atoms with E-state index in [-0.39, 0.29) is 5.75 Å². The molecule has 0 bridgehead atoms. The number of phenols is 1. The third kappa shape index (κ3) is 1.85. The highest BCUT2D eigenvalue weighted by atomic mass is 79.9. The summed E-state index contributed by atoms with van der Waals surface area (Å²) < 4.78 is 11.6. The minimum atomic E-state index is -0.696. The lowest BCUT2D eigenvalue weighted by atomic mass is 9.93. The molecule has 88 valence electrons. The largest absolute Gasteiger partial charge is 0.506 e. The van der Waals surface area contributed by atoms with Gasteiger partial charge in [0.25, 0.3) is 0 Å². The van der Waals surface area contributed by atoms with Crippen LogP contribution in [0.25, 0.3) is 0 Å². The zero-order chi connectivity index (χ0) is 11.9. The van der Waals surface area contributed by atoms with Crippen molar-refractivity contribution in [3.63, 3.8) is 0 Å². The van der Waals surface area contributed by atoms with E-state index < -0.39 is 5.54 Å². The summed E-state index contributed by atoms with van der Waals surface area (Å²) in [7, 11) is 0. The van der Waals surface area contributed by atoms with Crippen LogP contribution in [0.15, 0.2) is 10.5 Å². The molecular weight excluding hydrogens is 274 g/mol. The van der Waals surface area contributed by atoms with Gasteiger partial charge < -0.3 is 20.3 Å². The molecule has 1 aromatic rings. The van der Waals surface area contributed by atoms with E-state index in [1.165, 1.54) is 0 Å². The monoisotopic (exact) mass is 287 g/mol. The van der Waals surface area contributed by atoms with Gasteiger partial charge in [0.1, 0.15) is 19.0 Å². The first-order valence-electron chi connectivity index (χ1n) is 5.01. The number of phenolic OH excluding ortho intramolecular Hbond substituents is 1. The molecule has 0 amide bonds. The van der Waals surface area contributed by atoms with Gasteiger partial charge in [-0.2, -0.15) is 0 Å². The van der Waals surface area contributed by atoms with E-state index in [2.05, 4.69) is 15.9 Å². The molecule has 0 fully saturated rings. The molecule has 1 aromatic carbocycles. The molecule has 1 heterocycles. The predicted molar refractivity (Wildman–Crippen MR) is 64.0 cm³/mol. The molecule has 1 aliphatic heterocycles. The summed E-state index contributed by atoms with van der Waals surface area (Å²) in [5, 5.41) is 10.0. The van der Waals surface area contributed by atoms with Crippen molar-refractivity contribution in [3.8, 4) is 17.2 Å². The van der Waals surface area contributed by atoms with Gasteiger partial charge in [-0.25, -0.2) is 0 Å². The lowest BCUT2D eigenvalue weighted by Gasteiger charge is -2.28. The summed E-state index contributed by atoms with van der Waals surface area (Å²) in [5.41, 5.74) is 5.90. The summed E-state index contributed by atoms with van der Waals surface area (Å²) >= 11 is 3.28. The van der Waals surface area contributed by atoms with Crippen LogP contribution in [-0.2, 0) is 5.54 Å². The molecule has 16 heavy (non-hydrogen) atoms. The fourth-order valence-corrected chi connectivity index (χ4v) is 2.15. The Bertz CT molecular complexity index is 426. The molecule has 0 atom stereocenters. The summed E-state index contributed by atoms with van der Waals surface area (Å²) in [6, 6.07) is 1.69. The van der Waals surface area contributed by atoms with Crippen molar-refractivity contribution < 1.29 is 14.6 Å². The van der Waals surface area contributed by atoms with Crippen molar-refractivity contribution in [2.75, 3.05) is 13.2 Å². The van der Waals surface area contributed by atoms with Crippen LogP contribution in [0.3, 0.4) is 0 Å². The van der Waals surface area contributed by atoms with E-state index >= 15 is 0 Å². The predicted octanol–water partition coefficient (Wildman–Crippen LogP) is 2.12. The highest BCUT2D eigenvalue weighted by Crippen LogP contribution is 2.47. The summed E-state index contributed by atoms with van der Waals surface area (Å²) in [5.74, 6) is 1.26. The number of halogens is 1. The number of aromatic hydroxyl groups is 1. The fourth-order valence-electron chi connectivity index (χ4n) is 1.74. The zero-order valence-electron chi connectivity index (χ0n) is 9.21. The van der Waals surface area contributed by atoms with Gasteiger partial charge in [-0.05, 0) is 29.8 Å². The molecule has 1 aliphatic rings. The standard InChI is InChI=1S/C11H14BrNO3/c1-11(2,13)8-9(14)6(12)5-7-10(8)16-4-3-15-7/h5,14H,3-4,13H2,1-2H3. The fraction of sp³-hybridized carbons (Fsp3) is 0.455. The van der Waals surface area contributed by atoms with Crippen LogP contribution >= 0.6 is 15.9 Å². The number of ether oxygens (including phenoxy) is 2. The van der Waals surface area contributed by atoms with Crippen LogP contribution in [0.1, 0.15) is 19.4 Å². The van der Waals surface area contributed by atoms with E-state index in [4.69, 9.17) is 15.2 Å². The molecule has 0 saturated carbocycles. The maximum absolute atomic E-state index is 10.0. The summed E-state index contributed by atoms with van der Waals surface area (Å²) in [6.45, 7) is 4.60. The highest BCUT2D eigenvalue weighted by molar-refractivity contribution is 9.10. The second kappa shape index (κ2) is 3.82. The number of benzene rings is 1. The first-order valence-corrected chi connectivity index (χ1v) is 5.81. The number of fused-ring (bicyclic) bond motifs is 1. The Morgan fingerprint density at radius 1 is 1.38 bits per heavy atom. The van der Waals surface area contributed by atoms with Gasteiger partial charge in [0, 0.05) is 11.6 Å². The molecule has 5 heteroatoms. The number of rotatable bonds is 1. The SMILES string of the molecule is CC(C)(N)c1c(O)c(Br)cc2c1OCCO2. The van der Waals surface area contributed by atoms with Gasteiger partial charge in [0.15, 0.2) is 11.5 Å². The van der Waals surface area contributed by atoms with E-state index in [0.29, 0.717) is 34.7 Å². The topological polar surface area (TPSA) is 64.7 Å². The average molecular weight is 288 g/mol. The van der Waals surface area contributed by atoms with Gasteiger partial charge in [-0.1, -0.05) is 0 Å². The Hall–Kier alpha value is -0.940. The van der Waals surface area contributed by atoms with Crippen molar-refractivity contribution in [1.29, 1.82) is 0 Å².